The predicted molar refractivity (Wildman–Crippen MR) is 71.0 cm³/mol. The average Bonchev–Trinajstić information content (AvgIpc) is 2.26. The molecule has 0 aromatic carbocycles. The third-order valence-corrected chi connectivity index (χ3v) is 4.09. The minimum absolute atomic E-state index is 0.263. The first-order valence-electron chi connectivity index (χ1n) is 6.54. The summed E-state index contributed by atoms with van der Waals surface area (Å²) < 4.78 is 5.59. The van der Waals surface area contributed by atoms with Crippen LogP contribution in [0.1, 0.15) is 59.3 Å². The van der Waals surface area contributed by atoms with E-state index in [1.165, 1.54) is 0 Å². The van der Waals surface area contributed by atoms with Crippen molar-refractivity contribution >= 4 is 5.78 Å². The second-order valence-electron chi connectivity index (χ2n) is 6.24. The summed E-state index contributed by atoms with van der Waals surface area (Å²) in [5.41, 5.74) is 0.919. The van der Waals surface area contributed by atoms with E-state index in [-0.39, 0.29) is 5.78 Å². The molecule has 98 valence electrons. The highest BCUT2D eigenvalue weighted by Gasteiger charge is 2.43. The molecule has 0 aromatic rings. The van der Waals surface area contributed by atoms with Gasteiger partial charge in [0, 0.05) is 13.5 Å². The minimum Gasteiger partial charge on any atom is -0.370 e. The summed E-state index contributed by atoms with van der Waals surface area (Å²) in [6.45, 7) is 10.4. The van der Waals surface area contributed by atoms with Gasteiger partial charge in [-0.05, 0) is 44.4 Å². The molecule has 0 aliphatic heterocycles. The number of Topliss-reactive ketones (excluding diaryl/α,β-unsaturated/α-hetero) is 1. The lowest BCUT2D eigenvalue weighted by atomic mass is 9.69. The van der Waals surface area contributed by atoms with E-state index in [1.807, 2.05) is 6.92 Å². The van der Waals surface area contributed by atoms with Crippen molar-refractivity contribution in [3.63, 3.8) is 0 Å². The second kappa shape index (κ2) is 5.34. The molecule has 0 unspecified atom stereocenters. The Bertz CT molecular complexity index is 292. The first kappa shape index (κ1) is 14.4. The van der Waals surface area contributed by atoms with Gasteiger partial charge in [0.15, 0.2) is 5.78 Å². The van der Waals surface area contributed by atoms with Gasteiger partial charge < -0.3 is 4.74 Å². The van der Waals surface area contributed by atoms with Crippen molar-refractivity contribution < 1.29 is 9.53 Å². The highest BCUT2D eigenvalue weighted by atomic mass is 16.5. The molecule has 2 nitrogen and oxygen atoms in total. The molecule has 1 aliphatic carbocycles. The maximum absolute atomic E-state index is 12.3. The number of ether oxygens (including phenoxy) is 1. The summed E-state index contributed by atoms with van der Waals surface area (Å²) in [7, 11) is 1.68. The molecular weight excluding hydrogens is 212 g/mol. The van der Waals surface area contributed by atoms with Gasteiger partial charge in [-0.2, -0.15) is 0 Å². The number of allylic oxidation sites excluding steroid dienone is 1. The molecule has 0 spiro atoms. The van der Waals surface area contributed by atoms with Crippen LogP contribution < -0.4 is 0 Å². The summed E-state index contributed by atoms with van der Waals surface area (Å²) in [5.74, 6) is 0.263. The van der Waals surface area contributed by atoms with Gasteiger partial charge >= 0.3 is 0 Å². The Balaban J connectivity index is 2.64. The van der Waals surface area contributed by atoms with E-state index in [2.05, 4.69) is 20.4 Å². The molecule has 1 rings (SSSR count). The number of carbonyl (C=O) groups is 1. The van der Waals surface area contributed by atoms with Crippen LogP contribution in [0.4, 0.5) is 0 Å². The fourth-order valence-corrected chi connectivity index (χ4v) is 2.48. The smallest absolute Gasteiger partial charge is 0.164 e. The zero-order valence-corrected chi connectivity index (χ0v) is 11.8. The Morgan fingerprint density at radius 3 is 2.12 bits per heavy atom. The van der Waals surface area contributed by atoms with Crippen LogP contribution in [0.25, 0.3) is 0 Å². The molecule has 0 N–H and O–H groups in total. The van der Waals surface area contributed by atoms with Crippen molar-refractivity contribution in [1.29, 1.82) is 0 Å². The van der Waals surface area contributed by atoms with E-state index in [0.717, 1.165) is 37.7 Å². The third-order valence-electron chi connectivity index (χ3n) is 4.09. The first-order chi connectivity index (χ1) is 7.81. The average molecular weight is 238 g/mol. The zero-order chi connectivity index (χ0) is 13.1. The highest BCUT2D eigenvalue weighted by Crippen LogP contribution is 2.42. The summed E-state index contributed by atoms with van der Waals surface area (Å²) >= 11 is 0. The SMILES string of the molecule is C=C(C)CCC(=O)C1(OC)CCC(C)(C)CC1. The van der Waals surface area contributed by atoms with E-state index < -0.39 is 5.60 Å². The van der Waals surface area contributed by atoms with Crippen LogP contribution in [0.5, 0.6) is 0 Å². The lowest BCUT2D eigenvalue weighted by molar-refractivity contribution is -0.147. The fourth-order valence-electron chi connectivity index (χ4n) is 2.48. The van der Waals surface area contributed by atoms with Crippen LogP contribution in [0.15, 0.2) is 12.2 Å². The quantitative estimate of drug-likeness (QED) is 0.679. The number of ketones is 1. The van der Waals surface area contributed by atoms with Gasteiger partial charge in [0.1, 0.15) is 5.60 Å². The molecule has 0 atom stereocenters. The highest BCUT2D eigenvalue weighted by molar-refractivity contribution is 5.87. The molecule has 1 saturated carbocycles. The van der Waals surface area contributed by atoms with Gasteiger partial charge in [0.2, 0.25) is 0 Å². The summed E-state index contributed by atoms with van der Waals surface area (Å²) in [6.07, 6.45) is 5.23. The molecule has 0 aromatic heterocycles. The van der Waals surface area contributed by atoms with E-state index in [9.17, 15) is 4.79 Å². The number of methoxy groups -OCH3 is 1. The molecule has 0 radical (unpaired) electrons. The maximum atomic E-state index is 12.3. The third kappa shape index (κ3) is 3.67. The van der Waals surface area contributed by atoms with Crippen LogP contribution in [-0.4, -0.2) is 18.5 Å². The minimum atomic E-state index is -0.509. The van der Waals surface area contributed by atoms with E-state index in [1.54, 1.807) is 7.11 Å². The second-order valence-corrected chi connectivity index (χ2v) is 6.24. The topological polar surface area (TPSA) is 26.3 Å². The van der Waals surface area contributed by atoms with Gasteiger partial charge in [-0.25, -0.2) is 0 Å². The first-order valence-corrected chi connectivity index (χ1v) is 6.54. The Morgan fingerprint density at radius 2 is 1.71 bits per heavy atom. The van der Waals surface area contributed by atoms with Crippen LogP contribution >= 0.6 is 0 Å². The molecule has 0 amide bonds. The molecule has 2 heteroatoms. The predicted octanol–water partition coefficient (Wildman–Crippen LogP) is 3.90. The van der Waals surface area contributed by atoms with Crippen molar-refractivity contribution in [1.82, 2.24) is 0 Å². The summed E-state index contributed by atoms with van der Waals surface area (Å²) in [6, 6.07) is 0. The Labute approximate surface area is 105 Å². The monoisotopic (exact) mass is 238 g/mol. The number of rotatable bonds is 5. The van der Waals surface area contributed by atoms with Crippen LogP contribution in [-0.2, 0) is 9.53 Å². The van der Waals surface area contributed by atoms with E-state index in [0.29, 0.717) is 11.8 Å². The number of carbonyl (C=O) groups excluding carboxylic acids is 1. The van der Waals surface area contributed by atoms with Crippen LogP contribution in [0.3, 0.4) is 0 Å². The van der Waals surface area contributed by atoms with Gasteiger partial charge in [-0.1, -0.05) is 19.4 Å². The van der Waals surface area contributed by atoms with Crippen molar-refractivity contribution in [3.05, 3.63) is 12.2 Å². The molecule has 17 heavy (non-hydrogen) atoms. The van der Waals surface area contributed by atoms with Crippen molar-refractivity contribution in [2.45, 2.75) is 64.9 Å². The molecule has 0 saturated heterocycles. The normalized spacial score (nSPS) is 22.1. The zero-order valence-electron chi connectivity index (χ0n) is 11.8. The molecule has 0 heterocycles. The number of hydrogen-bond donors (Lipinski definition) is 0. The van der Waals surface area contributed by atoms with Gasteiger partial charge in [0.25, 0.3) is 0 Å². The fraction of sp³-hybridized carbons (Fsp3) is 0.800. The van der Waals surface area contributed by atoms with Crippen molar-refractivity contribution in [2.75, 3.05) is 7.11 Å². The largest absolute Gasteiger partial charge is 0.370 e. The van der Waals surface area contributed by atoms with E-state index in [4.69, 9.17) is 4.74 Å². The lowest BCUT2D eigenvalue weighted by Gasteiger charge is -2.41. The maximum Gasteiger partial charge on any atom is 0.164 e. The molecular formula is C15H26O2. The molecule has 0 bridgehead atoms. The summed E-state index contributed by atoms with van der Waals surface area (Å²) in [5, 5.41) is 0. The summed E-state index contributed by atoms with van der Waals surface area (Å²) in [4.78, 5) is 12.3. The Hall–Kier alpha value is -0.630. The number of hydrogen-bond acceptors (Lipinski definition) is 2. The Kier molecular flexibility index (Phi) is 4.54. The molecule has 1 fully saturated rings. The van der Waals surface area contributed by atoms with Gasteiger partial charge in [0.05, 0.1) is 0 Å². The van der Waals surface area contributed by atoms with Crippen LogP contribution in [0, 0.1) is 5.41 Å². The van der Waals surface area contributed by atoms with Crippen molar-refractivity contribution in [3.8, 4) is 0 Å². The van der Waals surface area contributed by atoms with Crippen LogP contribution in [0.2, 0.25) is 0 Å². The standard InChI is InChI=1S/C15H26O2/c1-12(2)6-7-13(16)15(17-5)10-8-14(3,4)9-11-15/h1,6-11H2,2-5H3. The van der Waals surface area contributed by atoms with E-state index >= 15 is 0 Å². The van der Waals surface area contributed by atoms with Crippen molar-refractivity contribution in [2.24, 2.45) is 5.41 Å². The van der Waals surface area contributed by atoms with Gasteiger partial charge in [-0.3, -0.25) is 4.79 Å². The van der Waals surface area contributed by atoms with Gasteiger partial charge in [-0.15, -0.1) is 6.58 Å². The Morgan fingerprint density at radius 1 is 1.18 bits per heavy atom. The molecule has 1 aliphatic rings. The lowest BCUT2D eigenvalue weighted by Crippen LogP contribution is -2.45.